The molecule has 2 N–H and O–H groups in total. The van der Waals surface area contributed by atoms with Crippen LogP contribution in [0.25, 0.3) is 31.8 Å². The zero-order chi connectivity index (χ0) is 27.1. The lowest BCUT2D eigenvalue weighted by atomic mass is 10.2. The Labute approximate surface area is 224 Å². The first-order valence-corrected chi connectivity index (χ1v) is 12.6. The Morgan fingerprint density at radius 3 is 2.69 bits per heavy atom. The number of primary amides is 1. The van der Waals surface area contributed by atoms with Crippen molar-refractivity contribution >= 4 is 50.1 Å². The number of halogens is 1. The number of carbonyl (C=O) groups is 2. The number of pyridine rings is 1. The molecule has 6 rings (SSSR count). The summed E-state index contributed by atoms with van der Waals surface area (Å²) in [7, 11) is 1.89. The van der Waals surface area contributed by atoms with Crippen LogP contribution in [0, 0.1) is 5.82 Å². The molecule has 0 aliphatic carbocycles. The summed E-state index contributed by atoms with van der Waals surface area (Å²) in [5, 5.41) is 5.05. The molecule has 2 aromatic carbocycles. The van der Waals surface area contributed by atoms with Crippen LogP contribution in [0.4, 0.5) is 14.9 Å². The Morgan fingerprint density at radius 1 is 1.08 bits per heavy atom. The van der Waals surface area contributed by atoms with Gasteiger partial charge in [0, 0.05) is 43.2 Å². The van der Waals surface area contributed by atoms with E-state index < -0.39 is 17.8 Å². The number of hydrogen-bond acceptors (Lipinski definition) is 7. The van der Waals surface area contributed by atoms with Gasteiger partial charge >= 0.3 is 6.03 Å². The van der Waals surface area contributed by atoms with Crippen molar-refractivity contribution in [3.8, 4) is 22.2 Å². The number of ether oxygens (including phenoxy) is 1. The van der Waals surface area contributed by atoms with Crippen LogP contribution in [0.3, 0.4) is 0 Å². The molecular weight excluding hydrogens is 521 g/mol. The van der Waals surface area contributed by atoms with Crippen molar-refractivity contribution in [2.45, 2.75) is 6.54 Å². The number of thiophene rings is 1. The number of fused-ring (bicyclic) bond motifs is 2. The van der Waals surface area contributed by atoms with Crippen LogP contribution in [0.2, 0.25) is 0 Å². The van der Waals surface area contributed by atoms with E-state index in [4.69, 9.17) is 10.5 Å². The topological polar surface area (TPSA) is 121 Å². The molecule has 4 heterocycles. The minimum atomic E-state index is -1.04. The number of nitrogens with zero attached hydrogens (tertiary/aromatic N) is 6. The Hall–Kier alpha value is -5.10. The van der Waals surface area contributed by atoms with Gasteiger partial charge in [-0.15, -0.1) is 11.3 Å². The van der Waals surface area contributed by atoms with E-state index in [1.54, 1.807) is 30.7 Å². The Morgan fingerprint density at radius 2 is 1.92 bits per heavy atom. The number of anilines is 1. The average molecular weight is 542 g/mol. The minimum absolute atomic E-state index is 0.0260. The van der Waals surface area contributed by atoms with Gasteiger partial charge in [-0.05, 0) is 24.3 Å². The second-order valence-corrected chi connectivity index (χ2v) is 9.69. The van der Waals surface area contributed by atoms with Gasteiger partial charge in [0.2, 0.25) is 0 Å². The highest BCUT2D eigenvalue weighted by atomic mass is 32.1. The molecule has 194 valence electrons. The van der Waals surface area contributed by atoms with Crippen molar-refractivity contribution in [1.29, 1.82) is 0 Å². The number of amides is 3. The molecule has 3 amide bonds. The van der Waals surface area contributed by atoms with Gasteiger partial charge < -0.3 is 15.0 Å². The van der Waals surface area contributed by atoms with Crippen LogP contribution < -0.4 is 15.4 Å². The number of benzene rings is 2. The van der Waals surface area contributed by atoms with Gasteiger partial charge in [0.15, 0.2) is 11.6 Å². The third-order valence-corrected chi connectivity index (χ3v) is 7.25. The highest BCUT2D eigenvalue weighted by molar-refractivity contribution is 7.22. The fraction of sp³-hybridized carbons (Fsp3) is 0.0741. The lowest BCUT2D eigenvalue weighted by Crippen LogP contribution is -2.42. The zero-order valence-corrected chi connectivity index (χ0v) is 21.3. The average Bonchev–Trinajstić information content (AvgIpc) is 3.64. The van der Waals surface area contributed by atoms with Crippen LogP contribution >= 0.6 is 11.3 Å². The lowest BCUT2D eigenvalue weighted by molar-refractivity contribution is -0.118. The molecule has 0 fully saturated rings. The fourth-order valence-corrected chi connectivity index (χ4v) is 5.39. The van der Waals surface area contributed by atoms with Gasteiger partial charge in [0.05, 0.1) is 32.5 Å². The van der Waals surface area contributed by atoms with Crippen molar-refractivity contribution in [1.82, 2.24) is 24.3 Å². The van der Waals surface area contributed by atoms with Gasteiger partial charge in [0.1, 0.15) is 18.1 Å². The first-order valence-electron chi connectivity index (χ1n) is 11.8. The van der Waals surface area contributed by atoms with Crippen LogP contribution in [-0.4, -0.2) is 36.3 Å². The first kappa shape index (κ1) is 24.2. The van der Waals surface area contributed by atoms with E-state index in [1.165, 1.54) is 28.2 Å². The number of imidazole rings is 1. The minimum Gasteiger partial charge on any atom is -0.453 e. The predicted molar refractivity (Wildman–Crippen MR) is 145 cm³/mol. The Kier molecular flexibility index (Phi) is 6.00. The largest absolute Gasteiger partial charge is 0.453 e. The molecule has 12 heteroatoms. The number of urea groups is 1. The summed E-state index contributed by atoms with van der Waals surface area (Å²) in [5.41, 5.74) is 6.88. The van der Waals surface area contributed by atoms with Crippen LogP contribution in [0.15, 0.2) is 79.4 Å². The monoisotopic (exact) mass is 541 g/mol. The number of aryl methyl sites for hydroxylation is 1. The van der Waals surface area contributed by atoms with E-state index in [2.05, 4.69) is 15.1 Å². The summed E-state index contributed by atoms with van der Waals surface area (Å²) < 4.78 is 25.2. The van der Waals surface area contributed by atoms with Crippen molar-refractivity contribution in [3.05, 3.63) is 85.2 Å². The molecule has 0 saturated carbocycles. The molecule has 4 aromatic heterocycles. The predicted octanol–water partition coefficient (Wildman–Crippen LogP) is 5.09. The van der Waals surface area contributed by atoms with Crippen LogP contribution in [0.5, 0.6) is 11.5 Å². The molecule has 39 heavy (non-hydrogen) atoms. The molecule has 0 radical (unpaired) electrons. The van der Waals surface area contributed by atoms with Crippen LogP contribution in [-0.2, 0) is 18.4 Å². The normalized spacial score (nSPS) is 11.2. The fourth-order valence-electron chi connectivity index (χ4n) is 4.28. The van der Waals surface area contributed by atoms with Gasteiger partial charge in [-0.2, -0.15) is 5.10 Å². The second-order valence-electron chi connectivity index (χ2n) is 8.64. The van der Waals surface area contributed by atoms with Gasteiger partial charge in [-0.25, -0.2) is 19.1 Å². The van der Waals surface area contributed by atoms with E-state index in [1.807, 2.05) is 42.1 Å². The summed E-state index contributed by atoms with van der Waals surface area (Å²) in [6.45, 7) is -0.262. The van der Waals surface area contributed by atoms with Gasteiger partial charge in [-0.3, -0.25) is 14.5 Å². The van der Waals surface area contributed by atoms with E-state index >= 15 is 4.39 Å². The van der Waals surface area contributed by atoms with E-state index in [0.29, 0.717) is 21.7 Å². The zero-order valence-electron chi connectivity index (χ0n) is 20.5. The number of imide groups is 1. The van der Waals surface area contributed by atoms with Gasteiger partial charge in [0.25, 0.3) is 5.91 Å². The third kappa shape index (κ3) is 4.46. The van der Waals surface area contributed by atoms with Gasteiger partial charge in [-0.1, -0.05) is 18.2 Å². The third-order valence-electron chi connectivity index (χ3n) is 6.12. The highest BCUT2D eigenvalue weighted by Crippen LogP contribution is 2.39. The SMILES string of the molecule is Cn1ccnc1-c1cc2nccc(Oc3ccc(N(C(N)=O)C(=O)Cn4ncc5ccccc54)cc3F)c2s1. The van der Waals surface area contributed by atoms with E-state index in [9.17, 15) is 9.59 Å². The van der Waals surface area contributed by atoms with E-state index in [-0.39, 0.29) is 18.0 Å². The van der Waals surface area contributed by atoms with Crippen molar-refractivity contribution in [2.24, 2.45) is 12.8 Å². The molecule has 0 aliphatic rings. The summed E-state index contributed by atoms with van der Waals surface area (Å²) >= 11 is 1.42. The molecule has 6 aromatic rings. The number of carbonyl (C=O) groups excluding carboxylic acids is 2. The maximum Gasteiger partial charge on any atom is 0.326 e. The summed E-state index contributed by atoms with van der Waals surface area (Å²) in [6, 6.07) is 13.6. The summed E-state index contributed by atoms with van der Waals surface area (Å²) in [5.74, 6) is -0.347. The van der Waals surface area contributed by atoms with Crippen molar-refractivity contribution in [2.75, 3.05) is 4.90 Å². The van der Waals surface area contributed by atoms with Crippen molar-refractivity contribution < 1.29 is 18.7 Å². The maximum absolute atomic E-state index is 15.2. The molecular formula is C27H20FN7O3S. The highest BCUT2D eigenvalue weighted by Gasteiger charge is 2.24. The van der Waals surface area contributed by atoms with Crippen molar-refractivity contribution in [3.63, 3.8) is 0 Å². The number of nitrogens with two attached hydrogens (primary N) is 1. The molecule has 10 nitrogen and oxygen atoms in total. The standard InChI is InChI=1S/C27H20FN7O3S/c1-33-11-10-31-26(33)23-13-19-25(39-23)22(8-9-30-19)38-21-7-6-17(12-18(21)28)35(27(29)37)24(36)15-34-20-5-3-2-4-16(20)14-32-34/h2-14H,15H2,1H3,(H2,29,37). The number of rotatable bonds is 6. The first-order chi connectivity index (χ1) is 18.9. The summed E-state index contributed by atoms with van der Waals surface area (Å²) in [4.78, 5) is 35.6. The molecule has 0 bridgehead atoms. The number of aromatic nitrogens is 5. The molecule has 0 spiro atoms. The lowest BCUT2D eigenvalue weighted by Gasteiger charge is -2.19. The second kappa shape index (κ2) is 9.65. The smallest absolute Gasteiger partial charge is 0.326 e. The molecule has 0 atom stereocenters. The number of para-hydroxylation sites is 1. The van der Waals surface area contributed by atoms with Crippen LogP contribution in [0.1, 0.15) is 0 Å². The molecule has 0 saturated heterocycles. The Bertz CT molecular complexity index is 1880. The number of hydrogen-bond donors (Lipinski definition) is 1. The Balaban J connectivity index is 1.27. The molecule has 0 aliphatic heterocycles. The quantitative estimate of drug-likeness (QED) is 0.314. The maximum atomic E-state index is 15.2. The van der Waals surface area contributed by atoms with E-state index in [0.717, 1.165) is 26.9 Å². The summed E-state index contributed by atoms with van der Waals surface area (Å²) in [6.07, 6.45) is 6.75. The molecule has 0 unspecified atom stereocenters.